The van der Waals surface area contributed by atoms with E-state index in [2.05, 4.69) is 15.0 Å². The van der Waals surface area contributed by atoms with E-state index in [1.165, 1.54) is 4.57 Å². The maximum atomic E-state index is 12.2. The molecule has 0 spiro atoms. The van der Waals surface area contributed by atoms with Gasteiger partial charge in [0.05, 0.1) is 12.7 Å². The van der Waals surface area contributed by atoms with Crippen molar-refractivity contribution in [3.8, 4) is 11.4 Å². The summed E-state index contributed by atoms with van der Waals surface area (Å²) in [6.07, 6.45) is -0.368. The highest BCUT2D eigenvalue weighted by Gasteiger charge is 2.35. The van der Waals surface area contributed by atoms with Gasteiger partial charge in [0, 0.05) is 18.2 Å². The van der Waals surface area contributed by atoms with Gasteiger partial charge in [-0.15, -0.1) is 0 Å². The first kappa shape index (κ1) is 15.0. The third-order valence-corrected chi connectivity index (χ3v) is 4.14. The quantitative estimate of drug-likeness (QED) is 0.642. The van der Waals surface area contributed by atoms with Crippen LogP contribution in [0.3, 0.4) is 0 Å². The van der Waals surface area contributed by atoms with Crippen molar-refractivity contribution in [3.63, 3.8) is 0 Å². The fourth-order valence-corrected chi connectivity index (χ4v) is 2.88. The van der Waals surface area contributed by atoms with E-state index in [4.69, 9.17) is 9.84 Å². The second-order valence-electron chi connectivity index (χ2n) is 5.73. The zero-order valence-corrected chi connectivity index (χ0v) is 12.7. The Morgan fingerprint density at radius 1 is 1.29 bits per heavy atom. The number of nitrogens with zero attached hydrogens (tertiary/aromatic N) is 3. The molecule has 0 aliphatic carbocycles. The molecule has 1 aromatic carbocycles. The summed E-state index contributed by atoms with van der Waals surface area (Å²) in [6.45, 7) is -0.301. The van der Waals surface area contributed by atoms with E-state index >= 15 is 0 Å². The molecular formula is C16H16N4O4. The number of aromatic nitrogens is 4. The Hall–Kier alpha value is -2.55. The first-order valence-corrected chi connectivity index (χ1v) is 7.64. The van der Waals surface area contributed by atoms with Crippen LogP contribution >= 0.6 is 0 Å². The molecular weight excluding hydrogens is 312 g/mol. The van der Waals surface area contributed by atoms with Gasteiger partial charge in [-0.25, -0.2) is 9.78 Å². The van der Waals surface area contributed by atoms with E-state index in [1.807, 2.05) is 30.3 Å². The van der Waals surface area contributed by atoms with Crippen LogP contribution in [0.5, 0.6) is 0 Å². The van der Waals surface area contributed by atoms with Gasteiger partial charge in [0.15, 0.2) is 5.65 Å². The minimum absolute atomic E-state index is 0.220. The highest BCUT2D eigenvalue weighted by Crippen LogP contribution is 2.28. The maximum Gasteiger partial charge on any atom is 0.351 e. The number of fused-ring (bicyclic) bond motifs is 1. The van der Waals surface area contributed by atoms with E-state index in [0.29, 0.717) is 17.0 Å². The summed E-state index contributed by atoms with van der Waals surface area (Å²) < 4.78 is 6.83. The zero-order chi connectivity index (χ0) is 16.7. The van der Waals surface area contributed by atoms with E-state index in [1.54, 1.807) is 6.20 Å². The zero-order valence-electron chi connectivity index (χ0n) is 12.7. The van der Waals surface area contributed by atoms with Crippen LogP contribution in [-0.4, -0.2) is 48.5 Å². The number of aliphatic hydroxyl groups is 2. The number of nitrogens with one attached hydrogen (secondary N) is 1. The molecule has 1 saturated heterocycles. The molecule has 1 aliphatic heterocycles. The van der Waals surface area contributed by atoms with Gasteiger partial charge in [-0.1, -0.05) is 30.3 Å². The Labute approximate surface area is 136 Å². The van der Waals surface area contributed by atoms with Crippen molar-refractivity contribution in [2.75, 3.05) is 6.61 Å². The number of imidazole rings is 1. The van der Waals surface area contributed by atoms with E-state index in [0.717, 1.165) is 5.56 Å². The first-order chi connectivity index (χ1) is 11.7. The van der Waals surface area contributed by atoms with Gasteiger partial charge in [0.25, 0.3) is 0 Å². The highest BCUT2D eigenvalue weighted by atomic mass is 16.5. The second kappa shape index (κ2) is 5.82. The molecule has 3 aromatic rings. The third-order valence-electron chi connectivity index (χ3n) is 4.14. The topological polar surface area (TPSA) is 113 Å². The molecule has 0 bridgehead atoms. The molecule has 0 amide bonds. The van der Waals surface area contributed by atoms with Crippen molar-refractivity contribution in [1.82, 2.24) is 19.5 Å². The molecule has 0 unspecified atom stereocenters. The predicted molar refractivity (Wildman–Crippen MR) is 85.2 cm³/mol. The van der Waals surface area contributed by atoms with Crippen molar-refractivity contribution in [2.24, 2.45) is 0 Å². The van der Waals surface area contributed by atoms with Gasteiger partial charge < -0.3 is 19.9 Å². The number of hydrogen-bond donors (Lipinski definition) is 3. The molecule has 8 nitrogen and oxygen atoms in total. The summed E-state index contributed by atoms with van der Waals surface area (Å²) in [5.41, 5.74) is 1.30. The SMILES string of the molecule is O=c1nc2nc(-c3ccccc3)[nH]c2cn1[C@H]1C[C@H](O)[C@@H](CO)O1. The minimum Gasteiger partial charge on any atom is -0.394 e. The van der Waals surface area contributed by atoms with E-state index in [-0.39, 0.29) is 13.0 Å². The standard InChI is InChI=1S/C16H16N4O4/c21-8-12-11(22)6-13(24-12)20-7-10-15(19-16(20)23)18-14(17-10)9-4-2-1-3-5-9/h1-5,7,11-13,21-22H,6,8H2,(H,17,18,19,23)/t11-,12+,13+/m0/s1. The lowest BCUT2D eigenvalue weighted by Crippen LogP contribution is -2.27. The van der Waals surface area contributed by atoms with Crippen LogP contribution in [0.15, 0.2) is 41.3 Å². The molecule has 0 saturated carbocycles. The maximum absolute atomic E-state index is 12.2. The summed E-state index contributed by atoms with van der Waals surface area (Å²) >= 11 is 0. The molecule has 1 fully saturated rings. The fourth-order valence-electron chi connectivity index (χ4n) is 2.88. The molecule has 8 heteroatoms. The van der Waals surface area contributed by atoms with Crippen molar-refractivity contribution in [3.05, 3.63) is 47.0 Å². The smallest absolute Gasteiger partial charge is 0.351 e. The van der Waals surface area contributed by atoms with Gasteiger partial charge in [-0.3, -0.25) is 4.57 Å². The fraction of sp³-hybridized carbons (Fsp3) is 0.312. The Morgan fingerprint density at radius 3 is 2.79 bits per heavy atom. The molecule has 0 radical (unpaired) electrons. The van der Waals surface area contributed by atoms with Crippen molar-refractivity contribution >= 4 is 11.2 Å². The van der Waals surface area contributed by atoms with Gasteiger partial charge in [0.2, 0.25) is 0 Å². The van der Waals surface area contributed by atoms with Crippen molar-refractivity contribution < 1.29 is 14.9 Å². The number of benzene rings is 1. The Bertz CT molecular complexity index is 921. The number of aromatic amines is 1. The number of aliphatic hydroxyl groups excluding tert-OH is 2. The lowest BCUT2D eigenvalue weighted by molar-refractivity contribution is -0.0457. The minimum atomic E-state index is -0.816. The normalized spacial score (nSPS) is 23.8. The second-order valence-corrected chi connectivity index (χ2v) is 5.73. The van der Waals surface area contributed by atoms with Gasteiger partial charge in [0.1, 0.15) is 23.7 Å². The molecule has 3 N–H and O–H groups in total. The molecule has 4 rings (SSSR count). The summed E-state index contributed by atoms with van der Waals surface area (Å²) in [4.78, 5) is 23.7. The van der Waals surface area contributed by atoms with Crippen LogP contribution in [0.25, 0.3) is 22.6 Å². The Kier molecular flexibility index (Phi) is 3.64. The summed E-state index contributed by atoms with van der Waals surface area (Å²) in [5.74, 6) is 0.621. The summed E-state index contributed by atoms with van der Waals surface area (Å²) in [7, 11) is 0. The van der Waals surface area contributed by atoms with E-state index in [9.17, 15) is 9.90 Å². The molecule has 1 aliphatic rings. The lowest BCUT2D eigenvalue weighted by atomic mass is 10.2. The van der Waals surface area contributed by atoms with Crippen LogP contribution in [0.2, 0.25) is 0 Å². The molecule has 2 aromatic heterocycles. The summed E-state index contributed by atoms with van der Waals surface area (Å²) in [6, 6.07) is 9.53. The first-order valence-electron chi connectivity index (χ1n) is 7.64. The molecule has 24 heavy (non-hydrogen) atoms. The molecule has 3 heterocycles. The van der Waals surface area contributed by atoms with Crippen LogP contribution < -0.4 is 5.69 Å². The predicted octanol–water partition coefficient (Wildman–Crippen LogP) is 0.427. The van der Waals surface area contributed by atoms with E-state index < -0.39 is 24.1 Å². The van der Waals surface area contributed by atoms with Crippen LogP contribution in [-0.2, 0) is 4.74 Å². The molecule has 124 valence electrons. The van der Waals surface area contributed by atoms with Crippen LogP contribution in [0.1, 0.15) is 12.6 Å². The van der Waals surface area contributed by atoms with Gasteiger partial charge in [-0.2, -0.15) is 4.98 Å². The Balaban J connectivity index is 1.74. The van der Waals surface area contributed by atoms with Gasteiger partial charge in [-0.05, 0) is 0 Å². The largest absolute Gasteiger partial charge is 0.394 e. The van der Waals surface area contributed by atoms with Crippen LogP contribution in [0, 0.1) is 0 Å². The average Bonchev–Trinajstić information content (AvgIpc) is 3.17. The summed E-state index contributed by atoms with van der Waals surface area (Å²) in [5, 5.41) is 19.0. The average molecular weight is 328 g/mol. The van der Waals surface area contributed by atoms with Crippen molar-refractivity contribution in [1.29, 1.82) is 0 Å². The number of hydrogen-bond acceptors (Lipinski definition) is 6. The van der Waals surface area contributed by atoms with Crippen molar-refractivity contribution in [2.45, 2.75) is 24.9 Å². The monoisotopic (exact) mass is 328 g/mol. The number of ether oxygens (including phenoxy) is 1. The highest BCUT2D eigenvalue weighted by molar-refractivity contribution is 5.74. The lowest BCUT2D eigenvalue weighted by Gasteiger charge is -2.13. The number of H-pyrrole nitrogens is 1. The third kappa shape index (κ3) is 2.50. The van der Waals surface area contributed by atoms with Crippen LogP contribution in [0.4, 0.5) is 0 Å². The number of rotatable bonds is 3. The Morgan fingerprint density at radius 2 is 2.08 bits per heavy atom. The molecule has 3 atom stereocenters. The van der Waals surface area contributed by atoms with Gasteiger partial charge >= 0.3 is 5.69 Å².